The largest absolute Gasteiger partial charge is 0.313 e. The van der Waals surface area contributed by atoms with Gasteiger partial charge in [0.15, 0.2) is 0 Å². The molecule has 1 N–H and O–H groups in total. The van der Waals surface area contributed by atoms with E-state index < -0.39 is 0 Å². The Labute approximate surface area is 108 Å². The second-order valence-corrected chi connectivity index (χ2v) is 4.36. The molecular weight excluding hydrogens is 225 g/mol. The molecule has 2 aromatic carbocycles. The first-order valence-corrected chi connectivity index (χ1v) is 6.36. The smallest absolute Gasteiger partial charge is 0.131 e. The normalized spacial score (nSPS) is 10.6. The van der Waals surface area contributed by atoms with Gasteiger partial charge in [-0.25, -0.2) is 4.39 Å². The van der Waals surface area contributed by atoms with E-state index in [1.807, 2.05) is 42.5 Å². The zero-order valence-corrected chi connectivity index (χ0v) is 10.6. The maximum Gasteiger partial charge on any atom is 0.131 e. The topological polar surface area (TPSA) is 12.0 Å². The lowest BCUT2D eigenvalue weighted by Gasteiger charge is -2.08. The Bertz CT molecular complexity index is 494. The maximum absolute atomic E-state index is 13.8. The van der Waals surface area contributed by atoms with Gasteiger partial charge in [-0.05, 0) is 36.2 Å². The van der Waals surface area contributed by atoms with Crippen molar-refractivity contribution < 1.29 is 4.39 Å². The molecule has 0 aliphatic heterocycles. The fourth-order valence-electron chi connectivity index (χ4n) is 1.93. The fourth-order valence-corrected chi connectivity index (χ4v) is 1.93. The van der Waals surface area contributed by atoms with E-state index in [-0.39, 0.29) is 5.82 Å². The van der Waals surface area contributed by atoms with Crippen molar-refractivity contribution >= 4 is 0 Å². The van der Waals surface area contributed by atoms with Gasteiger partial charge in [0, 0.05) is 12.1 Å². The van der Waals surface area contributed by atoms with Crippen LogP contribution in [0, 0.1) is 5.82 Å². The summed E-state index contributed by atoms with van der Waals surface area (Å²) in [5.74, 6) is -0.166. The first-order valence-electron chi connectivity index (χ1n) is 6.36. The van der Waals surface area contributed by atoms with Crippen molar-refractivity contribution in [3.8, 4) is 11.1 Å². The molecule has 0 unspecified atom stereocenters. The van der Waals surface area contributed by atoms with Crippen LogP contribution in [-0.4, -0.2) is 6.54 Å². The molecule has 0 saturated carbocycles. The number of rotatable bonds is 5. The third kappa shape index (κ3) is 3.17. The van der Waals surface area contributed by atoms with E-state index in [0.717, 1.165) is 30.6 Å². The quantitative estimate of drug-likeness (QED) is 0.783. The summed E-state index contributed by atoms with van der Waals surface area (Å²) >= 11 is 0. The molecule has 0 saturated heterocycles. The minimum Gasteiger partial charge on any atom is -0.313 e. The third-order valence-corrected chi connectivity index (χ3v) is 2.87. The van der Waals surface area contributed by atoms with Gasteiger partial charge in [0.05, 0.1) is 0 Å². The minimum absolute atomic E-state index is 0.166. The van der Waals surface area contributed by atoms with Crippen molar-refractivity contribution in [2.45, 2.75) is 19.9 Å². The highest BCUT2D eigenvalue weighted by Crippen LogP contribution is 2.23. The molecule has 94 valence electrons. The second kappa shape index (κ2) is 6.31. The molecule has 18 heavy (non-hydrogen) atoms. The van der Waals surface area contributed by atoms with Crippen LogP contribution in [0.15, 0.2) is 48.5 Å². The average molecular weight is 243 g/mol. The second-order valence-electron chi connectivity index (χ2n) is 4.36. The molecule has 0 aliphatic rings. The number of hydrogen-bond donors (Lipinski definition) is 1. The Morgan fingerprint density at radius 1 is 1.06 bits per heavy atom. The van der Waals surface area contributed by atoms with Crippen molar-refractivity contribution in [3.63, 3.8) is 0 Å². The molecule has 0 amide bonds. The molecule has 0 atom stereocenters. The van der Waals surface area contributed by atoms with Crippen molar-refractivity contribution in [2.24, 2.45) is 0 Å². The summed E-state index contributed by atoms with van der Waals surface area (Å²) in [7, 11) is 0. The van der Waals surface area contributed by atoms with Gasteiger partial charge in [0.25, 0.3) is 0 Å². The fraction of sp³-hybridized carbons (Fsp3) is 0.250. The third-order valence-electron chi connectivity index (χ3n) is 2.87. The van der Waals surface area contributed by atoms with E-state index in [4.69, 9.17) is 0 Å². The van der Waals surface area contributed by atoms with Gasteiger partial charge in [0.2, 0.25) is 0 Å². The van der Waals surface area contributed by atoms with Crippen LogP contribution in [0.4, 0.5) is 4.39 Å². The zero-order chi connectivity index (χ0) is 12.8. The van der Waals surface area contributed by atoms with Gasteiger partial charge < -0.3 is 5.32 Å². The monoisotopic (exact) mass is 243 g/mol. The summed E-state index contributed by atoms with van der Waals surface area (Å²) in [6, 6.07) is 15.0. The molecule has 0 aromatic heterocycles. The van der Waals surface area contributed by atoms with Gasteiger partial charge in [-0.15, -0.1) is 0 Å². The highest BCUT2D eigenvalue weighted by atomic mass is 19.1. The summed E-state index contributed by atoms with van der Waals surface area (Å²) < 4.78 is 13.8. The van der Waals surface area contributed by atoms with Crippen LogP contribution in [-0.2, 0) is 6.54 Å². The van der Waals surface area contributed by atoms with Gasteiger partial charge in [-0.2, -0.15) is 0 Å². The Balaban J connectivity index is 2.22. The van der Waals surface area contributed by atoms with Gasteiger partial charge in [0.1, 0.15) is 5.82 Å². The summed E-state index contributed by atoms with van der Waals surface area (Å²) in [5.41, 5.74) is 2.71. The number of benzene rings is 2. The molecular formula is C16H18FN. The molecule has 0 spiro atoms. The van der Waals surface area contributed by atoms with Gasteiger partial charge in [-0.3, -0.25) is 0 Å². The minimum atomic E-state index is -0.166. The van der Waals surface area contributed by atoms with Crippen molar-refractivity contribution in [1.29, 1.82) is 0 Å². The van der Waals surface area contributed by atoms with Crippen LogP contribution in [0.3, 0.4) is 0 Å². The summed E-state index contributed by atoms with van der Waals surface area (Å²) in [4.78, 5) is 0. The number of nitrogens with one attached hydrogen (secondary N) is 1. The average Bonchev–Trinajstić information content (AvgIpc) is 2.42. The first-order chi connectivity index (χ1) is 8.81. The van der Waals surface area contributed by atoms with Crippen LogP contribution in [0.25, 0.3) is 11.1 Å². The van der Waals surface area contributed by atoms with Crippen molar-refractivity contribution in [3.05, 3.63) is 59.9 Å². The lowest BCUT2D eigenvalue weighted by Crippen LogP contribution is -2.13. The lowest BCUT2D eigenvalue weighted by atomic mass is 10.0. The summed E-state index contributed by atoms with van der Waals surface area (Å²) in [6.07, 6.45) is 1.10. The number of halogens is 1. The molecule has 0 bridgehead atoms. The molecule has 1 nitrogen and oxygen atoms in total. The molecule has 0 aliphatic carbocycles. The molecule has 2 heteroatoms. The Morgan fingerprint density at radius 3 is 2.56 bits per heavy atom. The van der Waals surface area contributed by atoms with Gasteiger partial charge in [-0.1, -0.05) is 43.3 Å². The maximum atomic E-state index is 13.8. The van der Waals surface area contributed by atoms with Crippen LogP contribution >= 0.6 is 0 Å². The van der Waals surface area contributed by atoms with Crippen molar-refractivity contribution in [1.82, 2.24) is 5.32 Å². The molecule has 0 fully saturated rings. The molecule has 0 radical (unpaired) electrons. The standard InChI is InChI=1S/C16H18FN/c1-2-10-18-12-13-8-9-16(17)15(11-13)14-6-4-3-5-7-14/h3-9,11,18H,2,10,12H2,1H3. The van der Waals surface area contributed by atoms with Crippen LogP contribution in [0.2, 0.25) is 0 Å². The summed E-state index contributed by atoms with van der Waals surface area (Å²) in [5, 5.41) is 3.33. The molecule has 2 rings (SSSR count). The van der Waals surface area contributed by atoms with E-state index in [1.165, 1.54) is 0 Å². The zero-order valence-electron chi connectivity index (χ0n) is 10.6. The highest BCUT2D eigenvalue weighted by Gasteiger charge is 2.05. The molecule has 0 heterocycles. The van der Waals surface area contributed by atoms with E-state index in [2.05, 4.69) is 12.2 Å². The Morgan fingerprint density at radius 2 is 1.83 bits per heavy atom. The number of hydrogen-bond acceptors (Lipinski definition) is 1. The Hall–Kier alpha value is -1.67. The predicted molar refractivity (Wildman–Crippen MR) is 73.8 cm³/mol. The van der Waals surface area contributed by atoms with E-state index >= 15 is 0 Å². The van der Waals surface area contributed by atoms with E-state index in [9.17, 15) is 4.39 Å². The van der Waals surface area contributed by atoms with E-state index in [1.54, 1.807) is 6.07 Å². The van der Waals surface area contributed by atoms with Crippen LogP contribution in [0.5, 0.6) is 0 Å². The molecule has 2 aromatic rings. The first kappa shape index (κ1) is 12.8. The van der Waals surface area contributed by atoms with Gasteiger partial charge >= 0.3 is 0 Å². The van der Waals surface area contributed by atoms with Crippen LogP contribution in [0.1, 0.15) is 18.9 Å². The van der Waals surface area contributed by atoms with E-state index in [0.29, 0.717) is 5.56 Å². The summed E-state index contributed by atoms with van der Waals surface area (Å²) in [6.45, 7) is 3.90. The highest BCUT2D eigenvalue weighted by molar-refractivity contribution is 5.64. The lowest BCUT2D eigenvalue weighted by molar-refractivity contribution is 0.628. The SMILES string of the molecule is CCCNCc1ccc(F)c(-c2ccccc2)c1. The predicted octanol–water partition coefficient (Wildman–Crippen LogP) is 3.99. The van der Waals surface area contributed by atoms with Crippen molar-refractivity contribution in [2.75, 3.05) is 6.54 Å². The van der Waals surface area contributed by atoms with Crippen LogP contribution < -0.4 is 5.32 Å². The Kier molecular flexibility index (Phi) is 4.48.